The molecule has 0 N–H and O–H groups in total. The number of benzene rings is 2. The fraction of sp³-hybridized carbons (Fsp3) is 0.200. The number of esters is 1. The van der Waals surface area contributed by atoms with Gasteiger partial charge < -0.3 is 9.64 Å². The summed E-state index contributed by atoms with van der Waals surface area (Å²) in [6, 6.07) is 18.0. The monoisotopic (exact) mass is 350 g/mol. The molecule has 25 heavy (non-hydrogen) atoms. The van der Waals surface area contributed by atoms with E-state index in [1.807, 2.05) is 56.3 Å². The van der Waals surface area contributed by atoms with E-state index in [1.165, 1.54) is 0 Å². The van der Waals surface area contributed by atoms with E-state index in [-0.39, 0.29) is 12.0 Å². The number of rotatable bonds is 3. The van der Waals surface area contributed by atoms with E-state index in [1.54, 1.807) is 11.8 Å². The summed E-state index contributed by atoms with van der Waals surface area (Å²) >= 11 is 1.64. The summed E-state index contributed by atoms with van der Waals surface area (Å²) in [5, 5.41) is 0.903. The minimum Gasteiger partial charge on any atom is -0.463 e. The standard InChI is InChI=1S/C20H18N2O2S/c1-3-24-19(23)17-13(2)21-20-22(15-11-7-8-12-16(15)25-20)18(17)14-9-5-4-6-10-14/h4-12,18H,3H2,1-2H3. The van der Waals surface area contributed by atoms with Crippen molar-refractivity contribution in [3.05, 3.63) is 71.4 Å². The molecule has 0 aliphatic carbocycles. The van der Waals surface area contributed by atoms with Crippen LogP contribution in [0.4, 0.5) is 5.69 Å². The summed E-state index contributed by atoms with van der Waals surface area (Å²) in [7, 11) is 0. The lowest BCUT2D eigenvalue weighted by molar-refractivity contribution is -0.138. The van der Waals surface area contributed by atoms with Gasteiger partial charge in [0.05, 0.1) is 29.6 Å². The molecule has 0 bridgehead atoms. The van der Waals surface area contributed by atoms with Crippen molar-refractivity contribution in [3.63, 3.8) is 0 Å². The Morgan fingerprint density at radius 3 is 2.64 bits per heavy atom. The number of anilines is 1. The lowest BCUT2D eigenvalue weighted by Gasteiger charge is -2.34. The molecule has 1 atom stereocenters. The maximum absolute atomic E-state index is 12.7. The average molecular weight is 350 g/mol. The first-order valence-electron chi connectivity index (χ1n) is 8.28. The van der Waals surface area contributed by atoms with Crippen LogP contribution < -0.4 is 4.90 Å². The molecule has 4 rings (SSSR count). The molecule has 1 unspecified atom stereocenters. The second-order valence-corrected chi connectivity index (χ2v) is 6.88. The first-order chi connectivity index (χ1) is 12.2. The second-order valence-electron chi connectivity index (χ2n) is 5.87. The van der Waals surface area contributed by atoms with Crippen molar-refractivity contribution in [1.82, 2.24) is 0 Å². The maximum Gasteiger partial charge on any atom is 0.338 e. The van der Waals surface area contributed by atoms with Crippen LogP contribution >= 0.6 is 11.8 Å². The van der Waals surface area contributed by atoms with Gasteiger partial charge >= 0.3 is 5.97 Å². The number of fused-ring (bicyclic) bond motifs is 3. The van der Waals surface area contributed by atoms with Crippen molar-refractivity contribution in [2.45, 2.75) is 24.8 Å². The molecule has 0 fully saturated rings. The number of amidine groups is 1. The van der Waals surface area contributed by atoms with Gasteiger partial charge in [-0.2, -0.15) is 0 Å². The van der Waals surface area contributed by atoms with Crippen molar-refractivity contribution in [2.24, 2.45) is 4.99 Å². The van der Waals surface area contributed by atoms with E-state index in [2.05, 4.69) is 17.0 Å². The summed E-state index contributed by atoms with van der Waals surface area (Å²) < 4.78 is 5.34. The Hall–Kier alpha value is -2.53. The predicted molar refractivity (Wildman–Crippen MR) is 101 cm³/mol. The number of thioether (sulfide) groups is 1. The van der Waals surface area contributed by atoms with Crippen LogP contribution in [0, 0.1) is 0 Å². The molecular weight excluding hydrogens is 332 g/mol. The molecule has 0 saturated carbocycles. The molecule has 126 valence electrons. The zero-order valence-electron chi connectivity index (χ0n) is 14.1. The van der Waals surface area contributed by atoms with Crippen LogP contribution in [0.15, 0.2) is 75.8 Å². The smallest absolute Gasteiger partial charge is 0.338 e. The van der Waals surface area contributed by atoms with E-state index in [4.69, 9.17) is 9.73 Å². The van der Waals surface area contributed by atoms with Crippen LogP contribution in [-0.4, -0.2) is 17.7 Å². The molecule has 2 aromatic rings. The number of carbonyl (C=O) groups is 1. The molecule has 2 aliphatic heterocycles. The van der Waals surface area contributed by atoms with E-state index in [0.717, 1.165) is 27.0 Å². The molecule has 2 aliphatic rings. The van der Waals surface area contributed by atoms with E-state index < -0.39 is 0 Å². The highest BCUT2D eigenvalue weighted by atomic mass is 32.2. The number of carbonyl (C=O) groups excluding carboxylic acids is 1. The second kappa shape index (κ2) is 6.41. The van der Waals surface area contributed by atoms with Gasteiger partial charge in [-0.15, -0.1) is 0 Å². The van der Waals surface area contributed by atoms with Crippen LogP contribution in [0.1, 0.15) is 25.5 Å². The van der Waals surface area contributed by atoms with Crippen LogP contribution in [0.2, 0.25) is 0 Å². The maximum atomic E-state index is 12.7. The third-order valence-electron chi connectivity index (χ3n) is 4.33. The van der Waals surface area contributed by atoms with Crippen molar-refractivity contribution < 1.29 is 9.53 Å². The third kappa shape index (κ3) is 2.65. The Morgan fingerprint density at radius 1 is 1.16 bits per heavy atom. The number of para-hydroxylation sites is 1. The molecule has 4 nitrogen and oxygen atoms in total. The summed E-state index contributed by atoms with van der Waals surface area (Å²) in [6.07, 6.45) is 0. The quantitative estimate of drug-likeness (QED) is 0.762. The molecule has 5 heteroatoms. The number of ether oxygens (including phenoxy) is 1. The normalized spacial score (nSPS) is 18.6. The molecule has 0 spiro atoms. The van der Waals surface area contributed by atoms with Crippen molar-refractivity contribution in [1.29, 1.82) is 0 Å². The lowest BCUT2D eigenvalue weighted by atomic mass is 9.94. The minimum absolute atomic E-state index is 0.233. The largest absolute Gasteiger partial charge is 0.463 e. The summed E-state index contributed by atoms with van der Waals surface area (Å²) in [5.74, 6) is -0.300. The van der Waals surface area contributed by atoms with Crippen LogP contribution in [0.25, 0.3) is 0 Å². The van der Waals surface area contributed by atoms with Crippen LogP contribution in [0.5, 0.6) is 0 Å². The Morgan fingerprint density at radius 2 is 1.88 bits per heavy atom. The van der Waals surface area contributed by atoms with Crippen LogP contribution in [-0.2, 0) is 9.53 Å². The molecule has 0 saturated heterocycles. The number of hydrogen-bond acceptors (Lipinski definition) is 5. The summed E-state index contributed by atoms with van der Waals surface area (Å²) in [5.41, 5.74) is 3.46. The highest BCUT2D eigenvalue weighted by Crippen LogP contribution is 2.49. The van der Waals surface area contributed by atoms with Crippen molar-refractivity contribution >= 4 is 28.6 Å². The van der Waals surface area contributed by atoms with Crippen molar-refractivity contribution in [3.8, 4) is 0 Å². The Bertz CT molecular complexity index is 890. The predicted octanol–water partition coefficient (Wildman–Crippen LogP) is 4.55. The first kappa shape index (κ1) is 16.0. The lowest BCUT2D eigenvalue weighted by Crippen LogP contribution is -2.37. The van der Waals surface area contributed by atoms with Crippen molar-refractivity contribution in [2.75, 3.05) is 11.5 Å². The zero-order chi connectivity index (χ0) is 17.4. The van der Waals surface area contributed by atoms with Gasteiger partial charge in [0.15, 0.2) is 5.17 Å². The van der Waals surface area contributed by atoms with Gasteiger partial charge in [0, 0.05) is 4.90 Å². The number of aliphatic imine (C=N–C) groups is 1. The number of allylic oxidation sites excluding steroid dienone is 1. The zero-order valence-corrected chi connectivity index (χ0v) is 14.9. The first-order valence-corrected chi connectivity index (χ1v) is 9.10. The van der Waals surface area contributed by atoms with Crippen LogP contribution in [0.3, 0.4) is 0 Å². The fourth-order valence-corrected chi connectivity index (χ4v) is 4.37. The molecular formula is C20H18N2O2S. The molecule has 0 aromatic heterocycles. The van der Waals surface area contributed by atoms with Gasteiger partial charge in [-0.25, -0.2) is 9.79 Å². The molecule has 2 aromatic carbocycles. The third-order valence-corrected chi connectivity index (χ3v) is 5.36. The van der Waals surface area contributed by atoms with E-state index >= 15 is 0 Å². The van der Waals surface area contributed by atoms with Gasteiger partial charge in [-0.3, -0.25) is 0 Å². The Kier molecular flexibility index (Phi) is 4.09. The van der Waals surface area contributed by atoms with Gasteiger partial charge in [-0.1, -0.05) is 42.5 Å². The Balaban J connectivity index is 1.90. The fourth-order valence-electron chi connectivity index (χ4n) is 3.27. The topological polar surface area (TPSA) is 41.9 Å². The summed E-state index contributed by atoms with van der Waals surface area (Å²) in [6.45, 7) is 4.05. The summed E-state index contributed by atoms with van der Waals surface area (Å²) in [4.78, 5) is 20.7. The number of hydrogen-bond donors (Lipinski definition) is 0. The Labute approximate surface area is 151 Å². The SMILES string of the molecule is CCOC(=O)C1=C(C)N=C2Sc3ccccc3N2C1c1ccccc1. The van der Waals surface area contributed by atoms with Gasteiger partial charge in [0.25, 0.3) is 0 Å². The highest BCUT2D eigenvalue weighted by molar-refractivity contribution is 8.14. The molecule has 2 heterocycles. The average Bonchev–Trinajstić information content (AvgIpc) is 2.99. The minimum atomic E-state index is -0.300. The molecule has 0 amide bonds. The molecule has 0 radical (unpaired) electrons. The van der Waals surface area contributed by atoms with Gasteiger partial charge in [0.2, 0.25) is 0 Å². The van der Waals surface area contributed by atoms with E-state index in [0.29, 0.717) is 12.2 Å². The number of nitrogens with zero attached hydrogens (tertiary/aromatic N) is 2. The van der Waals surface area contributed by atoms with E-state index in [9.17, 15) is 4.79 Å². The van der Waals surface area contributed by atoms with Gasteiger partial charge in [-0.05, 0) is 43.3 Å². The highest BCUT2D eigenvalue weighted by Gasteiger charge is 2.41. The van der Waals surface area contributed by atoms with Gasteiger partial charge in [0.1, 0.15) is 0 Å².